The van der Waals surface area contributed by atoms with Crippen LogP contribution in [-0.4, -0.2) is 65.9 Å². The van der Waals surface area contributed by atoms with Crippen LogP contribution >= 0.6 is 0 Å². The number of nitrogen functional groups attached to an aromatic ring is 2. The normalized spacial score (nSPS) is 10.9. The zero-order valence-electron chi connectivity index (χ0n) is 14.2. The van der Waals surface area contributed by atoms with Gasteiger partial charge in [0.25, 0.3) is 0 Å². The van der Waals surface area contributed by atoms with Crippen LogP contribution in [0, 0.1) is 0 Å². The Morgan fingerprint density at radius 3 is 1.79 bits per heavy atom. The summed E-state index contributed by atoms with van der Waals surface area (Å²) < 4.78 is 21.4. The van der Waals surface area contributed by atoms with Crippen molar-refractivity contribution < 1.29 is 18.9 Å². The molecule has 0 heterocycles. The quantitative estimate of drug-likeness (QED) is 0.264. The molecule has 0 bridgehead atoms. The Morgan fingerprint density at radius 2 is 1.25 bits per heavy atom. The number of anilines is 3. The van der Waals surface area contributed by atoms with E-state index in [1.807, 2.05) is 6.07 Å². The van der Waals surface area contributed by atoms with Crippen molar-refractivity contribution in [2.24, 2.45) is 5.73 Å². The molecule has 24 heavy (non-hydrogen) atoms. The van der Waals surface area contributed by atoms with Gasteiger partial charge in [0.1, 0.15) is 0 Å². The van der Waals surface area contributed by atoms with Gasteiger partial charge in [0, 0.05) is 18.8 Å². The van der Waals surface area contributed by atoms with Crippen molar-refractivity contribution in [1.82, 2.24) is 0 Å². The molecule has 1 rings (SSSR count). The van der Waals surface area contributed by atoms with Crippen molar-refractivity contribution in [3.8, 4) is 0 Å². The van der Waals surface area contributed by atoms with E-state index in [0.717, 1.165) is 5.69 Å². The summed E-state index contributed by atoms with van der Waals surface area (Å²) in [6.07, 6.45) is 0. The molecule has 7 N–H and O–H groups in total. The third-order valence-electron chi connectivity index (χ3n) is 3.04. The lowest BCUT2D eigenvalue weighted by Crippen LogP contribution is -2.15. The second-order valence-corrected chi connectivity index (χ2v) is 5.01. The van der Waals surface area contributed by atoms with Crippen molar-refractivity contribution in [2.75, 3.05) is 82.7 Å². The second kappa shape index (κ2) is 13.8. The van der Waals surface area contributed by atoms with Crippen LogP contribution in [0.25, 0.3) is 0 Å². The SMILES string of the molecule is NCCOCCOCCOCCOCCNc1ccc(N)c(N)c1. The highest BCUT2D eigenvalue weighted by Crippen LogP contribution is 2.19. The Balaban J connectivity index is 1.83. The van der Waals surface area contributed by atoms with Crippen LogP contribution in [0.15, 0.2) is 18.2 Å². The molecule has 0 amide bonds. The summed E-state index contributed by atoms with van der Waals surface area (Å²) >= 11 is 0. The fraction of sp³-hybridized carbons (Fsp3) is 0.625. The molecule has 0 aliphatic rings. The Morgan fingerprint density at radius 1 is 0.708 bits per heavy atom. The Kier molecular flexibility index (Phi) is 11.8. The number of rotatable bonds is 15. The molecule has 0 aliphatic heterocycles. The molecule has 0 spiro atoms. The van der Waals surface area contributed by atoms with Gasteiger partial charge in [-0.1, -0.05) is 0 Å². The lowest BCUT2D eigenvalue weighted by atomic mass is 10.2. The Bertz CT molecular complexity index is 435. The number of benzene rings is 1. The van der Waals surface area contributed by atoms with Gasteiger partial charge in [0.15, 0.2) is 0 Å². The third kappa shape index (κ3) is 10.2. The van der Waals surface area contributed by atoms with E-state index < -0.39 is 0 Å². The van der Waals surface area contributed by atoms with E-state index in [2.05, 4.69) is 5.32 Å². The van der Waals surface area contributed by atoms with Gasteiger partial charge >= 0.3 is 0 Å². The van der Waals surface area contributed by atoms with Gasteiger partial charge in [0.05, 0.1) is 64.2 Å². The fourth-order valence-corrected chi connectivity index (χ4v) is 1.80. The molecule has 0 saturated carbocycles. The minimum absolute atomic E-state index is 0.534. The summed E-state index contributed by atoms with van der Waals surface area (Å²) in [5.74, 6) is 0. The summed E-state index contributed by atoms with van der Waals surface area (Å²) in [4.78, 5) is 0. The largest absolute Gasteiger partial charge is 0.397 e. The van der Waals surface area contributed by atoms with E-state index >= 15 is 0 Å². The van der Waals surface area contributed by atoms with E-state index in [4.69, 9.17) is 36.1 Å². The van der Waals surface area contributed by atoms with Crippen molar-refractivity contribution >= 4 is 17.1 Å². The lowest BCUT2D eigenvalue weighted by Gasteiger charge is -2.09. The average molecular weight is 342 g/mol. The van der Waals surface area contributed by atoms with Crippen molar-refractivity contribution in [1.29, 1.82) is 0 Å². The van der Waals surface area contributed by atoms with Gasteiger partial charge in [-0.2, -0.15) is 0 Å². The first-order valence-electron chi connectivity index (χ1n) is 8.14. The van der Waals surface area contributed by atoms with Gasteiger partial charge in [-0.3, -0.25) is 0 Å². The number of ether oxygens (including phenoxy) is 4. The summed E-state index contributed by atoms with van der Waals surface area (Å²) in [5, 5.41) is 3.21. The van der Waals surface area contributed by atoms with Crippen molar-refractivity contribution in [3.63, 3.8) is 0 Å². The predicted molar refractivity (Wildman–Crippen MR) is 96.1 cm³/mol. The molecule has 8 heteroatoms. The van der Waals surface area contributed by atoms with Gasteiger partial charge in [-0.25, -0.2) is 0 Å². The predicted octanol–water partition coefficient (Wildman–Crippen LogP) is 0.288. The molecular weight excluding hydrogens is 312 g/mol. The smallest absolute Gasteiger partial charge is 0.0701 e. The summed E-state index contributed by atoms with van der Waals surface area (Å²) in [7, 11) is 0. The van der Waals surface area contributed by atoms with Gasteiger partial charge in [-0.05, 0) is 18.2 Å². The topological polar surface area (TPSA) is 127 Å². The van der Waals surface area contributed by atoms with E-state index in [-0.39, 0.29) is 0 Å². The molecule has 8 nitrogen and oxygen atoms in total. The van der Waals surface area contributed by atoms with Crippen molar-refractivity contribution in [2.45, 2.75) is 0 Å². The van der Waals surface area contributed by atoms with Crippen LogP contribution in [0.2, 0.25) is 0 Å². The van der Waals surface area contributed by atoms with E-state index in [1.54, 1.807) is 12.1 Å². The van der Waals surface area contributed by atoms with Crippen LogP contribution < -0.4 is 22.5 Å². The highest BCUT2D eigenvalue weighted by Gasteiger charge is 1.97. The van der Waals surface area contributed by atoms with Gasteiger partial charge < -0.3 is 41.5 Å². The van der Waals surface area contributed by atoms with Crippen LogP contribution in [0.4, 0.5) is 17.1 Å². The molecule has 0 aliphatic carbocycles. The highest BCUT2D eigenvalue weighted by molar-refractivity contribution is 5.69. The Labute approximate surface area is 143 Å². The summed E-state index contributed by atoms with van der Waals surface area (Å²) in [6.45, 7) is 5.68. The maximum Gasteiger partial charge on any atom is 0.0701 e. The fourth-order valence-electron chi connectivity index (χ4n) is 1.80. The van der Waals surface area contributed by atoms with Crippen molar-refractivity contribution in [3.05, 3.63) is 18.2 Å². The standard InChI is InChI=1S/C16H30N4O4/c17-3-5-21-7-9-23-11-12-24-10-8-22-6-4-20-14-1-2-15(18)16(19)13-14/h1-2,13,20H,3-12,17-19H2. The molecule has 138 valence electrons. The average Bonchev–Trinajstić information content (AvgIpc) is 2.58. The van der Waals surface area contributed by atoms with E-state index in [0.29, 0.717) is 77.3 Å². The van der Waals surface area contributed by atoms with Crippen LogP contribution in [-0.2, 0) is 18.9 Å². The zero-order valence-corrected chi connectivity index (χ0v) is 14.2. The monoisotopic (exact) mass is 342 g/mol. The Hall–Kier alpha value is -1.58. The first-order valence-corrected chi connectivity index (χ1v) is 8.14. The molecule has 0 radical (unpaired) electrons. The molecule has 0 aromatic heterocycles. The number of nitrogens with two attached hydrogens (primary N) is 3. The molecule has 0 atom stereocenters. The zero-order chi connectivity index (χ0) is 17.5. The second-order valence-electron chi connectivity index (χ2n) is 5.01. The molecule has 1 aromatic carbocycles. The number of nitrogens with one attached hydrogen (secondary N) is 1. The van der Waals surface area contributed by atoms with Crippen LogP contribution in [0.1, 0.15) is 0 Å². The maximum atomic E-state index is 5.74. The summed E-state index contributed by atoms with van der Waals surface area (Å²) in [6, 6.07) is 5.47. The first kappa shape index (κ1) is 20.5. The maximum absolute atomic E-state index is 5.74. The third-order valence-corrected chi connectivity index (χ3v) is 3.04. The molecule has 0 fully saturated rings. The highest BCUT2D eigenvalue weighted by atomic mass is 16.6. The van der Waals surface area contributed by atoms with Crippen LogP contribution in [0.3, 0.4) is 0 Å². The van der Waals surface area contributed by atoms with E-state index in [1.165, 1.54) is 0 Å². The minimum atomic E-state index is 0.534. The molecule has 1 aromatic rings. The molecule has 0 saturated heterocycles. The van der Waals surface area contributed by atoms with Gasteiger partial charge in [-0.15, -0.1) is 0 Å². The van der Waals surface area contributed by atoms with Crippen LogP contribution in [0.5, 0.6) is 0 Å². The number of hydrogen-bond donors (Lipinski definition) is 4. The first-order chi connectivity index (χ1) is 11.7. The molecular formula is C16H30N4O4. The minimum Gasteiger partial charge on any atom is -0.397 e. The van der Waals surface area contributed by atoms with E-state index in [9.17, 15) is 0 Å². The number of hydrogen-bond acceptors (Lipinski definition) is 8. The lowest BCUT2D eigenvalue weighted by molar-refractivity contribution is 0.0000722. The summed E-state index contributed by atoms with van der Waals surface area (Å²) in [5.41, 5.74) is 18.8. The molecule has 0 unspecified atom stereocenters. The van der Waals surface area contributed by atoms with Gasteiger partial charge in [0.2, 0.25) is 0 Å².